The van der Waals surface area contributed by atoms with Crippen LogP contribution in [0.1, 0.15) is 20.3 Å². The van der Waals surface area contributed by atoms with Gasteiger partial charge in [0.25, 0.3) is 0 Å². The summed E-state index contributed by atoms with van der Waals surface area (Å²) in [4.78, 5) is 4.05. The monoisotopic (exact) mass is 238 g/mol. The molecule has 0 spiro atoms. The highest BCUT2D eigenvalue weighted by Gasteiger charge is 1.97. The van der Waals surface area contributed by atoms with Crippen LogP contribution in [0.4, 0.5) is 5.69 Å². The molecule has 1 aromatic heterocycles. The molecular weight excluding hydrogens is 216 g/mol. The number of pyridine rings is 1. The summed E-state index contributed by atoms with van der Waals surface area (Å²) in [5.74, 6) is 1.23. The van der Waals surface area contributed by atoms with Gasteiger partial charge in [-0.15, -0.1) is 0 Å². The van der Waals surface area contributed by atoms with Gasteiger partial charge in [0.15, 0.2) is 0 Å². The van der Waals surface area contributed by atoms with Gasteiger partial charge in [0.05, 0.1) is 7.11 Å². The standard InChI is InChI=1S/C13H22N2O2/c1-11(2)10-17-8-4-6-14-12-5-7-15-13(9-12)16-3/h5,7,9,11H,4,6,8,10H2,1-3H3,(H,14,15). The highest BCUT2D eigenvalue weighted by Crippen LogP contribution is 2.12. The fourth-order valence-corrected chi connectivity index (χ4v) is 1.36. The second kappa shape index (κ2) is 7.90. The molecule has 0 unspecified atom stereocenters. The van der Waals surface area contributed by atoms with Crippen LogP contribution in [0.5, 0.6) is 5.88 Å². The van der Waals surface area contributed by atoms with Crippen LogP contribution >= 0.6 is 0 Å². The molecule has 1 heterocycles. The second-order valence-corrected chi connectivity index (χ2v) is 4.34. The largest absolute Gasteiger partial charge is 0.481 e. The van der Waals surface area contributed by atoms with Crippen molar-refractivity contribution in [1.29, 1.82) is 0 Å². The van der Waals surface area contributed by atoms with Crippen LogP contribution in [0.2, 0.25) is 0 Å². The minimum Gasteiger partial charge on any atom is -0.481 e. The van der Waals surface area contributed by atoms with E-state index >= 15 is 0 Å². The molecule has 0 saturated heterocycles. The summed E-state index contributed by atoms with van der Waals surface area (Å²) in [7, 11) is 1.62. The molecule has 4 heteroatoms. The Morgan fingerprint density at radius 3 is 2.94 bits per heavy atom. The molecule has 0 aliphatic rings. The average molecular weight is 238 g/mol. The first-order chi connectivity index (χ1) is 8.22. The van der Waals surface area contributed by atoms with Gasteiger partial charge in [-0.25, -0.2) is 4.98 Å². The molecule has 1 aromatic rings. The smallest absolute Gasteiger partial charge is 0.214 e. The molecule has 0 amide bonds. The van der Waals surface area contributed by atoms with Gasteiger partial charge in [-0.05, 0) is 18.4 Å². The molecule has 1 N–H and O–H groups in total. The Balaban J connectivity index is 2.13. The van der Waals surface area contributed by atoms with Crippen molar-refractivity contribution in [2.24, 2.45) is 5.92 Å². The SMILES string of the molecule is COc1cc(NCCCOCC(C)C)ccn1. The predicted octanol–water partition coefficient (Wildman–Crippen LogP) is 2.56. The first kappa shape index (κ1) is 13.8. The Kier molecular flexibility index (Phi) is 6.40. The molecule has 17 heavy (non-hydrogen) atoms. The number of rotatable bonds is 8. The quantitative estimate of drug-likeness (QED) is 0.707. The number of hydrogen-bond donors (Lipinski definition) is 1. The maximum absolute atomic E-state index is 5.50. The van der Waals surface area contributed by atoms with E-state index in [0.717, 1.165) is 31.9 Å². The number of hydrogen-bond acceptors (Lipinski definition) is 4. The minimum atomic E-state index is 0.604. The van der Waals surface area contributed by atoms with Crippen molar-refractivity contribution >= 4 is 5.69 Å². The normalized spacial score (nSPS) is 10.6. The first-order valence-corrected chi connectivity index (χ1v) is 6.04. The first-order valence-electron chi connectivity index (χ1n) is 6.04. The Morgan fingerprint density at radius 2 is 2.24 bits per heavy atom. The average Bonchev–Trinajstić information content (AvgIpc) is 2.33. The highest BCUT2D eigenvalue weighted by atomic mass is 16.5. The Labute approximate surface area is 103 Å². The van der Waals surface area contributed by atoms with E-state index < -0.39 is 0 Å². The molecule has 1 rings (SSSR count). The van der Waals surface area contributed by atoms with Crippen LogP contribution in [0.3, 0.4) is 0 Å². The molecule has 0 radical (unpaired) electrons. The summed E-state index contributed by atoms with van der Waals surface area (Å²) in [6, 6.07) is 3.81. The van der Waals surface area contributed by atoms with Crippen molar-refractivity contribution in [3.05, 3.63) is 18.3 Å². The van der Waals surface area contributed by atoms with Crippen LogP contribution in [0.15, 0.2) is 18.3 Å². The lowest BCUT2D eigenvalue weighted by Gasteiger charge is -2.09. The van der Waals surface area contributed by atoms with Gasteiger partial charge in [-0.3, -0.25) is 0 Å². The molecule has 4 nitrogen and oxygen atoms in total. The van der Waals surface area contributed by atoms with Gasteiger partial charge in [-0.1, -0.05) is 13.8 Å². The Morgan fingerprint density at radius 1 is 1.41 bits per heavy atom. The Hall–Kier alpha value is -1.29. The van der Waals surface area contributed by atoms with Crippen molar-refractivity contribution in [3.8, 4) is 5.88 Å². The van der Waals surface area contributed by atoms with E-state index in [1.165, 1.54) is 0 Å². The van der Waals surface area contributed by atoms with Crippen molar-refractivity contribution in [3.63, 3.8) is 0 Å². The van der Waals surface area contributed by atoms with Crippen molar-refractivity contribution in [1.82, 2.24) is 4.98 Å². The lowest BCUT2D eigenvalue weighted by molar-refractivity contribution is 0.110. The number of aromatic nitrogens is 1. The van der Waals surface area contributed by atoms with Crippen LogP contribution in [0, 0.1) is 5.92 Å². The summed E-state index contributed by atoms with van der Waals surface area (Å²) < 4.78 is 10.6. The fourth-order valence-electron chi connectivity index (χ4n) is 1.36. The van der Waals surface area contributed by atoms with Gasteiger partial charge in [-0.2, -0.15) is 0 Å². The van der Waals surface area contributed by atoms with Crippen LogP contribution in [0.25, 0.3) is 0 Å². The molecule has 0 bridgehead atoms. The topological polar surface area (TPSA) is 43.4 Å². The summed E-state index contributed by atoms with van der Waals surface area (Å²) in [5, 5.41) is 3.31. The number of methoxy groups -OCH3 is 1. The number of nitrogens with one attached hydrogen (secondary N) is 1. The zero-order chi connectivity index (χ0) is 12.5. The maximum atomic E-state index is 5.50. The number of nitrogens with zero attached hydrogens (tertiary/aromatic N) is 1. The van der Waals surface area contributed by atoms with Crippen molar-refractivity contribution in [2.75, 3.05) is 32.2 Å². The summed E-state index contributed by atoms with van der Waals surface area (Å²) in [5.41, 5.74) is 1.03. The predicted molar refractivity (Wildman–Crippen MR) is 69.6 cm³/mol. The van der Waals surface area contributed by atoms with E-state index in [0.29, 0.717) is 11.8 Å². The summed E-state index contributed by atoms with van der Waals surface area (Å²) in [6.07, 6.45) is 2.73. The highest BCUT2D eigenvalue weighted by molar-refractivity contribution is 5.44. The molecule has 0 aromatic carbocycles. The minimum absolute atomic E-state index is 0.604. The van der Waals surface area contributed by atoms with E-state index in [-0.39, 0.29) is 0 Å². The third kappa shape index (κ3) is 6.12. The lowest BCUT2D eigenvalue weighted by atomic mass is 10.2. The zero-order valence-corrected chi connectivity index (χ0v) is 10.9. The van der Waals surface area contributed by atoms with Gasteiger partial charge < -0.3 is 14.8 Å². The van der Waals surface area contributed by atoms with Crippen molar-refractivity contribution in [2.45, 2.75) is 20.3 Å². The lowest BCUT2D eigenvalue weighted by Crippen LogP contribution is -2.08. The Bertz CT molecular complexity index is 316. The maximum Gasteiger partial charge on any atom is 0.214 e. The van der Waals surface area contributed by atoms with Gasteiger partial charge in [0.1, 0.15) is 0 Å². The third-order valence-corrected chi connectivity index (χ3v) is 2.19. The van der Waals surface area contributed by atoms with Crippen LogP contribution in [-0.2, 0) is 4.74 Å². The molecule has 0 saturated carbocycles. The molecule has 96 valence electrons. The van der Waals surface area contributed by atoms with Gasteiger partial charge in [0, 0.05) is 37.7 Å². The zero-order valence-electron chi connectivity index (χ0n) is 10.9. The van der Waals surface area contributed by atoms with E-state index in [1.807, 2.05) is 12.1 Å². The molecule has 0 aliphatic heterocycles. The van der Waals surface area contributed by atoms with Crippen LogP contribution in [-0.4, -0.2) is 31.9 Å². The van der Waals surface area contributed by atoms with Gasteiger partial charge in [0.2, 0.25) is 5.88 Å². The molecular formula is C13H22N2O2. The van der Waals surface area contributed by atoms with E-state index in [4.69, 9.17) is 9.47 Å². The number of ether oxygens (including phenoxy) is 2. The van der Waals surface area contributed by atoms with Gasteiger partial charge >= 0.3 is 0 Å². The molecule has 0 fully saturated rings. The van der Waals surface area contributed by atoms with Crippen molar-refractivity contribution < 1.29 is 9.47 Å². The third-order valence-electron chi connectivity index (χ3n) is 2.19. The van der Waals surface area contributed by atoms with E-state index in [2.05, 4.69) is 24.1 Å². The van der Waals surface area contributed by atoms with E-state index in [1.54, 1.807) is 13.3 Å². The number of anilines is 1. The summed E-state index contributed by atoms with van der Waals surface area (Å²) in [6.45, 7) is 6.84. The summed E-state index contributed by atoms with van der Waals surface area (Å²) >= 11 is 0. The van der Waals surface area contributed by atoms with Crippen LogP contribution < -0.4 is 10.1 Å². The fraction of sp³-hybridized carbons (Fsp3) is 0.615. The molecule has 0 aliphatic carbocycles. The molecule has 0 atom stereocenters. The van der Waals surface area contributed by atoms with E-state index in [9.17, 15) is 0 Å². The second-order valence-electron chi connectivity index (χ2n) is 4.34.